The smallest absolute Gasteiger partial charge is 0.161 e. The summed E-state index contributed by atoms with van der Waals surface area (Å²) in [6.45, 7) is 0. The molecule has 5 heteroatoms. The molecule has 26 heavy (non-hydrogen) atoms. The summed E-state index contributed by atoms with van der Waals surface area (Å²) in [5.74, 6) is 2.28. The summed E-state index contributed by atoms with van der Waals surface area (Å²) in [6, 6.07) is 18.2. The Morgan fingerprint density at radius 2 is 1.85 bits per heavy atom. The lowest BCUT2D eigenvalue weighted by Gasteiger charge is -2.17. The summed E-state index contributed by atoms with van der Waals surface area (Å²) in [5.41, 5.74) is 3.10. The Bertz CT molecular complexity index is 934. The Morgan fingerprint density at radius 1 is 1.00 bits per heavy atom. The number of furan rings is 1. The molecule has 0 unspecified atom stereocenters. The van der Waals surface area contributed by atoms with Gasteiger partial charge in [-0.15, -0.1) is 11.8 Å². The molecule has 1 aromatic heterocycles. The van der Waals surface area contributed by atoms with Crippen molar-refractivity contribution in [2.24, 2.45) is 4.99 Å². The second kappa shape index (κ2) is 7.30. The molecule has 1 aliphatic rings. The molecule has 3 aromatic rings. The van der Waals surface area contributed by atoms with Crippen molar-refractivity contribution in [3.63, 3.8) is 0 Å². The number of ether oxygens (including phenoxy) is 2. The van der Waals surface area contributed by atoms with E-state index < -0.39 is 0 Å². The zero-order chi connectivity index (χ0) is 17.9. The van der Waals surface area contributed by atoms with Gasteiger partial charge in [-0.25, -0.2) is 4.99 Å². The number of hydrogen-bond donors (Lipinski definition) is 0. The quantitative estimate of drug-likeness (QED) is 0.599. The van der Waals surface area contributed by atoms with Crippen LogP contribution in [-0.4, -0.2) is 19.9 Å². The second-order valence-corrected chi connectivity index (χ2v) is 7.17. The first kappa shape index (κ1) is 16.8. The maximum absolute atomic E-state index is 5.62. The van der Waals surface area contributed by atoms with Crippen molar-refractivity contribution in [3.05, 3.63) is 72.2 Å². The lowest BCUT2D eigenvalue weighted by atomic mass is 10.0. The molecule has 0 saturated carbocycles. The van der Waals surface area contributed by atoms with Gasteiger partial charge in [0.05, 0.1) is 31.9 Å². The predicted octanol–water partition coefficient (Wildman–Crippen LogP) is 5.65. The molecule has 0 bridgehead atoms. The van der Waals surface area contributed by atoms with Crippen LogP contribution in [0.2, 0.25) is 0 Å². The minimum atomic E-state index is 0.197. The van der Waals surface area contributed by atoms with Crippen molar-refractivity contribution >= 4 is 23.2 Å². The van der Waals surface area contributed by atoms with E-state index in [2.05, 4.69) is 12.1 Å². The van der Waals surface area contributed by atoms with Crippen molar-refractivity contribution in [2.45, 2.75) is 16.6 Å². The molecule has 0 fully saturated rings. The molecule has 2 aromatic carbocycles. The highest BCUT2D eigenvalue weighted by Gasteiger charge is 2.24. The molecular weight excluding hydrogens is 346 g/mol. The Hall–Kier alpha value is -2.66. The zero-order valence-electron chi connectivity index (χ0n) is 14.6. The van der Waals surface area contributed by atoms with E-state index in [4.69, 9.17) is 18.9 Å². The highest BCUT2D eigenvalue weighted by Crippen LogP contribution is 2.46. The highest BCUT2D eigenvalue weighted by atomic mass is 32.2. The number of rotatable bonds is 4. The largest absolute Gasteiger partial charge is 0.493 e. The van der Waals surface area contributed by atoms with Gasteiger partial charge in [-0.1, -0.05) is 18.2 Å². The average Bonchev–Trinajstić information content (AvgIpc) is 3.15. The van der Waals surface area contributed by atoms with Crippen LogP contribution in [0.15, 0.2) is 75.2 Å². The molecule has 4 nitrogen and oxygen atoms in total. The summed E-state index contributed by atoms with van der Waals surface area (Å²) in [4.78, 5) is 6.04. The number of aliphatic imine (C=N–C) groups is 1. The molecule has 0 amide bonds. The highest BCUT2D eigenvalue weighted by molar-refractivity contribution is 7.99. The molecule has 1 aliphatic heterocycles. The molecule has 0 radical (unpaired) electrons. The van der Waals surface area contributed by atoms with Gasteiger partial charge in [0.15, 0.2) is 11.5 Å². The SMILES string of the molecule is COc1ccc([C@H]2CC(c3ccco3)=Nc3ccccc3S2)cc1OC. The Kier molecular flexibility index (Phi) is 4.71. The van der Waals surface area contributed by atoms with Gasteiger partial charge in [-0.3, -0.25) is 0 Å². The number of benzene rings is 2. The summed E-state index contributed by atoms with van der Waals surface area (Å²) < 4.78 is 16.5. The fourth-order valence-corrected chi connectivity index (χ4v) is 4.27. The van der Waals surface area contributed by atoms with Gasteiger partial charge in [0.2, 0.25) is 0 Å². The molecule has 132 valence electrons. The van der Waals surface area contributed by atoms with E-state index >= 15 is 0 Å². The lowest BCUT2D eigenvalue weighted by Crippen LogP contribution is -2.05. The van der Waals surface area contributed by atoms with Crippen molar-refractivity contribution in [3.8, 4) is 11.5 Å². The van der Waals surface area contributed by atoms with Gasteiger partial charge in [-0.05, 0) is 42.0 Å². The molecule has 0 N–H and O–H groups in total. The zero-order valence-corrected chi connectivity index (χ0v) is 15.5. The number of para-hydroxylation sites is 1. The number of methoxy groups -OCH3 is 2. The third-order valence-electron chi connectivity index (χ3n) is 4.35. The molecule has 4 rings (SSSR count). The number of thioether (sulfide) groups is 1. The molecule has 2 heterocycles. The molecular formula is C21H19NO3S. The molecule has 0 aliphatic carbocycles. The van der Waals surface area contributed by atoms with Crippen LogP contribution in [0, 0.1) is 0 Å². The number of fused-ring (bicyclic) bond motifs is 1. The first-order valence-electron chi connectivity index (χ1n) is 8.37. The van der Waals surface area contributed by atoms with Crippen LogP contribution in [-0.2, 0) is 0 Å². The summed E-state index contributed by atoms with van der Waals surface area (Å²) >= 11 is 1.81. The molecule has 0 spiro atoms. The van der Waals surface area contributed by atoms with Crippen LogP contribution in [0.3, 0.4) is 0 Å². The Morgan fingerprint density at radius 3 is 2.62 bits per heavy atom. The fourth-order valence-electron chi connectivity index (χ4n) is 3.05. The van der Waals surface area contributed by atoms with Crippen LogP contribution in [0.1, 0.15) is 23.0 Å². The Balaban J connectivity index is 1.77. The Labute approximate surface area is 156 Å². The van der Waals surface area contributed by atoms with E-state index in [1.807, 2.05) is 54.2 Å². The van der Waals surface area contributed by atoms with Crippen LogP contribution in [0.25, 0.3) is 0 Å². The van der Waals surface area contributed by atoms with Crippen molar-refractivity contribution in [1.29, 1.82) is 0 Å². The maximum Gasteiger partial charge on any atom is 0.161 e. The van der Waals surface area contributed by atoms with E-state index in [1.54, 1.807) is 20.5 Å². The minimum Gasteiger partial charge on any atom is -0.493 e. The first-order chi connectivity index (χ1) is 12.8. The third-order valence-corrected chi connectivity index (χ3v) is 5.68. The van der Waals surface area contributed by atoms with Gasteiger partial charge in [0.25, 0.3) is 0 Å². The molecule has 0 saturated heterocycles. The minimum absolute atomic E-state index is 0.197. The van der Waals surface area contributed by atoms with Gasteiger partial charge in [-0.2, -0.15) is 0 Å². The topological polar surface area (TPSA) is 44.0 Å². The average molecular weight is 365 g/mol. The van der Waals surface area contributed by atoms with Crippen LogP contribution < -0.4 is 9.47 Å². The van der Waals surface area contributed by atoms with Gasteiger partial charge >= 0.3 is 0 Å². The summed E-state index contributed by atoms with van der Waals surface area (Å²) in [5, 5.41) is 0.197. The van der Waals surface area contributed by atoms with Gasteiger partial charge in [0, 0.05) is 16.6 Å². The second-order valence-electron chi connectivity index (χ2n) is 5.93. The van der Waals surface area contributed by atoms with E-state index in [1.165, 1.54) is 5.56 Å². The standard InChI is InChI=1S/C21H19NO3S/c1-23-18-10-9-14(12-19(18)24-2)21-13-16(17-7-5-11-25-17)22-15-6-3-4-8-20(15)26-21/h3-12,21H,13H2,1-2H3/t21-/m1/s1. The number of hydrogen-bond acceptors (Lipinski definition) is 5. The van der Waals surface area contributed by atoms with Gasteiger partial charge < -0.3 is 13.9 Å². The third kappa shape index (κ3) is 3.22. The fraction of sp³-hybridized carbons (Fsp3) is 0.190. The van der Waals surface area contributed by atoms with E-state index in [0.717, 1.165) is 40.0 Å². The van der Waals surface area contributed by atoms with Crippen molar-refractivity contribution in [2.75, 3.05) is 14.2 Å². The van der Waals surface area contributed by atoms with Crippen molar-refractivity contribution < 1.29 is 13.9 Å². The number of nitrogens with zero attached hydrogens (tertiary/aromatic N) is 1. The lowest BCUT2D eigenvalue weighted by molar-refractivity contribution is 0.354. The molecule has 1 atom stereocenters. The maximum atomic E-state index is 5.62. The van der Waals surface area contributed by atoms with E-state index in [9.17, 15) is 0 Å². The van der Waals surface area contributed by atoms with Crippen LogP contribution in [0.4, 0.5) is 5.69 Å². The summed E-state index contributed by atoms with van der Waals surface area (Å²) in [7, 11) is 3.31. The van der Waals surface area contributed by atoms with Crippen LogP contribution in [0.5, 0.6) is 11.5 Å². The summed E-state index contributed by atoms with van der Waals surface area (Å²) in [6.07, 6.45) is 2.45. The van der Waals surface area contributed by atoms with E-state index in [0.29, 0.717) is 0 Å². The monoisotopic (exact) mass is 365 g/mol. The van der Waals surface area contributed by atoms with Gasteiger partial charge in [0.1, 0.15) is 5.76 Å². The first-order valence-corrected chi connectivity index (χ1v) is 9.25. The van der Waals surface area contributed by atoms with E-state index in [-0.39, 0.29) is 5.25 Å². The normalized spacial score (nSPS) is 16.4. The predicted molar refractivity (Wildman–Crippen MR) is 104 cm³/mol. The van der Waals surface area contributed by atoms with Crippen molar-refractivity contribution in [1.82, 2.24) is 0 Å². The van der Waals surface area contributed by atoms with Crippen LogP contribution >= 0.6 is 11.8 Å².